The number of benzene rings is 2. The fourth-order valence-electron chi connectivity index (χ4n) is 6.44. The van der Waals surface area contributed by atoms with E-state index in [1.807, 2.05) is 13.8 Å². The van der Waals surface area contributed by atoms with Crippen LogP contribution in [0.15, 0.2) is 71.1 Å². The van der Waals surface area contributed by atoms with E-state index in [4.69, 9.17) is 0 Å². The first kappa shape index (κ1) is 30.8. The Labute approximate surface area is 259 Å². The number of hydrogen-bond acceptors (Lipinski definition) is 6. The summed E-state index contributed by atoms with van der Waals surface area (Å²) in [5.41, 5.74) is -1.28. The number of carbonyl (C=O) groups is 1. The van der Waals surface area contributed by atoms with Crippen LogP contribution >= 0.6 is 11.8 Å². The number of piperazine rings is 1. The summed E-state index contributed by atoms with van der Waals surface area (Å²) in [5, 5.41) is 0.102. The number of hydrogen-bond donors (Lipinski definition) is 0. The zero-order valence-corrected chi connectivity index (χ0v) is 25.1. The SMILES string of the molecule is C=CC(=O)N1[C@H](C)CN(c2nc(=O)n3c4c(c(-c5ccc(F)cc5)c(C(F)(F)F)cc24)SC[C@@H](c2cnccc2F)C3)C[C@@H]1C. The number of carbonyl (C=O) groups excluding carboxylic acids is 1. The first-order valence-electron chi connectivity index (χ1n) is 14.3. The van der Waals surface area contributed by atoms with Crippen molar-refractivity contribution in [2.45, 2.75) is 49.5 Å². The molecule has 2 aromatic carbocycles. The van der Waals surface area contributed by atoms with E-state index in [0.29, 0.717) is 0 Å². The standard InChI is InChI=1S/C32H28F5N5O2S/c1-4-26(43)42-17(2)13-40(14-18(42)3)30-22-11-24(32(35,36)37)27(19-5-7-21(33)8-6-19)29-28(22)41(31(44)39-30)15-20(16-45-29)23-12-38-10-9-25(23)34/h4-12,17-18,20H,1,13-16H2,2-3H3/t17-,18+,20-/m0/s1. The van der Waals surface area contributed by atoms with Crippen LogP contribution in [0.5, 0.6) is 0 Å². The van der Waals surface area contributed by atoms with E-state index in [-0.39, 0.29) is 81.7 Å². The lowest BCUT2D eigenvalue weighted by atomic mass is 9.95. The van der Waals surface area contributed by atoms with Crippen molar-refractivity contribution < 1.29 is 26.7 Å². The molecule has 0 spiro atoms. The molecule has 7 nitrogen and oxygen atoms in total. The summed E-state index contributed by atoms with van der Waals surface area (Å²) in [5.74, 6) is -1.84. The third-order valence-corrected chi connectivity index (χ3v) is 9.61. The number of nitrogens with zero attached hydrogens (tertiary/aromatic N) is 5. The Morgan fingerprint density at radius 1 is 1.07 bits per heavy atom. The molecule has 0 N–H and O–H groups in total. The van der Waals surface area contributed by atoms with Crippen LogP contribution in [0.25, 0.3) is 22.0 Å². The Hall–Kier alpha value is -4.26. The van der Waals surface area contributed by atoms with Crippen LogP contribution < -0.4 is 10.6 Å². The molecular weight excluding hydrogens is 613 g/mol. The van der Waals surface area contributed by atoms with Gasteiger partial charge < -0.3 is 9.80 Å². The van der Waals surface area contributed by atoms with E-state index in [1.54, 1.807) is 9.80 Å². The van der Waals surface area contributed by atoms with E-state index in [9.17, 15) is 31.5 Å². The normalized spacial score (nSPS) is 20.3. The minimum Gasteiger partial charge on any atom is -0.352 e. The lowest BCUT2D eigenvalue weighted by Gasteiger charge is -2.44. The lowest BCUT2D eigenvalue weighted by molar-refractivity contribution is -0.137. The van der Waals surface area contributed by atoms with Crippen LogP contribution in [0.1, 0.15) is 30.9 Å². The highest BCUT2D eigenvalue weighted by atomic mass is 32.2. The van der Waals surface area contributed by atoms with Crippen molar-refractivity contribution in [3.05, 3.63) is 94.7 Å². The summed E-state index contributed by atoms with van der Waals surface area (Å²) < 4.78 is 75.0. The number of amides is 1. The molecule has 0 saturated carbocycles. The highest BCUT2D eigenvalue weighted by Crippen LogP contribution is 2.49. The van der Waals surface area contributed by atoms with Gasteiger partial charge >= 0.3 is 11.9 Å². The van der Waals surface area contributed by atoms with Crippen LogP contribution in [-0.4, -0.2) is 56.3 Å². The molecule has 1 amide bonds. The first-order chi connectivity index (χ1) is 21.4. The van der Waals surface area contributed by atoms with Crippen molar-refractivity contribution in [2.75, 3.05) is 23.7 Å². The molecule has 4 aromatic rings. The minimum absolute atomic E-state index is 0.0477. The number of alkyl halides is 3. The summed E-state index contributed by atoms with van der Waals surface area (Å²) >= 11 is 1.08. The summed E-state index contributed by atoms with van der Waals surface area (Å²) in [6, 6.07) is 6.19. The second kappa shape index (κ2) is 11.6. The Morgan fingerprint density at radius 3 is 2.38 bits per heavy atom. The van der Waals surface area contributed by atoms with E-state index in [0.717, 1.165) is 30.0 Å². The van der Waals surface area contributed by atoms with Gasteiger partial charge in [0.25, 0.3) is 0 Å². The molecule has 0 aliphatic carbocycles. The molecule has 1 saturated heterocycles. The first-order valence-corrected chi connectivity index (χ1v) is 15.2. The van der Waals surface area contributed by atoms with Crippen molar-refractivity contribution >= 4 is 34.4 Å². The molecule has 45 heavy (non-hydrogen) atoms. The van der Waals surface area contributed by atoms with Crippen molar-refractivity contribution in [3.63, 3.8) is 0 Å². The number of halogens is 5. The van der Waals surface area contributed by atoms with Gasteiger partial charge in [-0.05, 0) is 49.8 Å². The number of anilines is 1. The minimum atomic E-state index is -4.83. The maximum Gasteiger partial charge on any atom is 0.417 e. The zero-order valence-electron chi connectivity index (χ0n) is 24.3. The van der Waals surface area contributed by atoms with Crippen LogP contribution in [0, 0.1) is 11.6 Å². The van der Waals surface area contributed by atoms with Gasteiger partial charge in [0, 0.05) is 77.2 Å². The number of rotatable bonds is 4. The molecule has 6 rings (SSSR count). The van der Waals surface area contributed by atoms with Gasteiger partial charge in [-0.1, -0.05) is 18.7 Å². The van der Waals surface area contributed by atoms with E-state index in [1.165, 1.54) is 41.2 Å². The molecule has 2 aliphatic heterocycles. The number of pyridine rings is 1. The second-order valence-electron chi connectivity index (χ2n) is 11.3. The Morgan fingerprint density at radius 2 is 1.76 bits per heavy atom. The highest BCUT2D eigenvalue weighted by molar-refractivity contribution is 7.99. The van der Waals surface area contributed by atoms with Crippen molar-refractivity contribution in [3.8, 4) is 11.1 Å². The van der Waals surface area contributed by atoms with Crippen molar-refractivity contribution in [1.82, 2.24) is 19.4 Å². The fourth-order valence-corrected chi connectivity index (χ4v) is 7.82. The summed E-state index contributed by atoms with van der Waals surface area (Å²) in [6.07, 6.45) is -0.964. The average Bonchev–Trinajstić information content (AvgIpc) is 3.19. The molecule has 2 aromatic heterocycles. The maximum atomic E-state index is 14.9. The molecule has 2 aliphatic rings. The molecule has 0 unspecified atom stereocenters. The van der Waals surface area contributed by atoms with Crippen LogP contribution in [0.4, 0.5) is 27.8 Å². The molecule has 0 bridgehead atoms. The smallest absolute Gasteiger partial charge is 0.352 e. The Kier molecular flexibility index (Phi) is 7.92. The van der Waals surface area contributed by atoms with Crippen LogP contribution in [0.2, 0.25) is 0 Å². The molecule has 234 valence electrons. The van der Waals surface area contributed by atoms with Crippen molar-refractivity contribution in [1.29, 1.82) is 0 Å². The molecule has 13 heteroatoms. The monoisotopic (exact) mass is 641 g/mol. The number of thioether (sulfide) groups is 1. The lowest BCUT2D eigenvalue weighted by Crippen LogP contribution is -2.58. The quantitative estimate of drug-likeness (QED) is 0.194. The second-order valence-corrected chi connectivity index (χ2v) is 12.3. The average molecular weight is 642 g/mol. The third kappa shape index (κ3) is 5.47. The maximum absolute atomic E-state index is 14.9. The van der Waals surface area contributed by atoms with E-state index < -0.39 is 35.0 Å². The zero-order chi connectivity index (χ0) is 32.2. The largest absolute Gasteiger partial charge is 0.417 e. The van der Waals surface area contributed by atoms with Gasteiger partial charge in [-0.3, -0.25) is 14.3 Å². The molecule has 4 heterocycles. The van der Waals surface area contributed by atoms with Gasteiger partial charge in [0.2, 0.25) is 5.91 Å². The van der Waals surface area contributed by atoms with Gasteiger partial charge in [0.05, 0.1) is 11.1 Å². The van der Waals surface area contributed by atoms with Gasteiger partial charge in [0.15, 0.2) is 0 Å². The van der Waals surface area contributed by atoms with Crippen LogP contribution in [-0.2, 0) is 17.5 Å². The molecular formula is C32H28F5N5O2S. The van der Waals surface area contributed by atoms with Crippen molar-refractivity contribution in [2.24, 2.45) is 0 Å². The predicted molar refractivity (Wildman–Crippen MR) is 162 cm³/mol. The summed E-state index contributed by atoms with van der Waals surface area (Å²) in [6.45, 7) is 7.56. The van der Waals surface area contributed by atoms with E-state index in [2.05, 4.69) is 16.5 Å². The topological polar surface area (TPSA) is 71.3 Å². The van der Waals surface area contributed by atoms with Crippen LogP contribution in [0.3, 0.4) is 0 Å². The Balaban J connectivity index is 1.63. The third-order valence-electron chi connectivity index (χ3n) is 8.35. The summed E-state index contributed by atoms with van der Waals surface area (Å²) in [7, 11) is 0. The number of aromatic nitrogens is 3. The highest BCUT2D eigenvalue weighted by Gasteiger charge is 2.40. The Bertz CT molecular complexity index is 1870. The van der Waals surface area contributed by atoms with Gasteiger partial charge in [-0.2, -0.15) is 18.2 Å². The molecule has 3 atom stereocenters. The van der Waals surface area contributed by atoms with Gasteiger partial charge in [-0.15, -0.1) is 11.8 Å². The van der Waals surface area contributed by atoms with Gasteiger partial charge in [0.1, 0.15) is 17.5 Å². The van der Waals surface area contributed by atoms with Gasteiger partial charge in [-0.25, -0.2) is 13.6 Å². The molecule has 0 radical (unpaired) electrons. The molecule has 1 fully saturated rings. The fraction of sp³-hybridized carbons (Fsp3) is 0.312. The summed E-state index contributed by atoms with van der Waals surface area (Å²) in [4.78, 5) is 38.3. The van der Waals surface area contributed by atoms with E-state index >= 15 is 0 Å². The predicted octanol–water partition coefficient (Wildman–Crippen LogP) is 6.26.